The van der Waals surface area contributed by atoms with Crippen LogP contribution in [0.25, 0.3) is 104 Å². The molecule has 0 atom stereocenters. The number of furan rings is 3. The summed E-state index contributed by atoms with van der Waals surface area (Å²) < 4.78 is 21.9. The third kappa shape index (κ3) is 3.07. The van der Waals surface area contributed by atoms with Gasteiger partial charge < -0.3 is 17.8 Å². The highest BCUT2D eigenvalue weighted by molar-refractivity contribution is 6.22. The van der Waals surface area contributed by atoms with Crippen LogP contribution in [0.15, 0.2) is 153 Å². The Balaban J connectivity index is 1.19. The van der Waals surface area contributed by atoms with Gasteiger partial charge in [-0.2, -0.15) is 0 Å². The zero-order valence-corrected chi connectivity index (χ0v) is 24.5. The van der Waals surface area contributed by atoms with Crippen molar-refractivity contribution in [3.63, 3.8) is 0 Å². The van der Waals surface area contributed by atoms with E-state index in [1.54, 1.807) is 0 Å². The lowest BCUT2D eigenvalue weighted by molar-refractivity contribution is 0.667. The Hall–Kier alpha value is -6.26. The predicted molar refractivity (Wildman–Crippen MR) is 188 cm³/mol. The summed E-state index contributed by atoms with van der Waals surface area (Å²) in [6.45, 7) is 0. The summed E-state index contributed by atoms with van der Waals surface area (Å²) in [6.07, 6.45) is 0. The molecule has 4 aromatic heterocycles. The van der Waals surface area contributed by atoms with Crippen LogP contribution in [-0.2, 0) is 0 Å². The third-order valence-electron chi connectivity index (χ3n) is 9.61. The largest absolute Gasteiger partial charge is 0.456 e. The summed E-state index contributed by atoms with van der Waals surface area (Å²) in [4.78, 5) is 0. The van der Waals surface area contributed by atoms with Gasteiger partial charge in [0.15, 0.2) is 5.58 Å². The normalized spacial score (nSPS) is 12.3. The van der Waals surface area contributed by atoms with Gasteiger partial charge in [-0.15, -0.1) is 0 Å². The summed E-state index contributed by atoms with van der Waals surface area (Å²) in [7, 11) is 0. The SMILES string of the molecule is c1ccc2c(c1)oc1c(-c3cccc4oc5cc(-n6c7ccccc7c7ccc8c9ccccc9oc8c76)ccc5c34)cccc12. The summed E-state index contributed by atoms with van der Waals surface area (Å²) in [5.74, 6) is 0. The first-order valence-corrected chi connectivity index (χ1v) is 15.5. The molecule has 0 amide bonds. The van der Waals surface area contributed by atoms with Crippen molar-refractivity contribution >= 4 is 87.6 Å². The van der Waals surface area contributed by atoms with Gasteiger partial charge in [-0.25, -0.2) is 0 Å². The molecule has 0 saturated heterocycles. The lowest BCUT2D eigenvalue weighted by Gasteiger charge is -2.08. The molecule has 0 radical (unpaired) electrons. The Kier molecular flexibility index (Phi) is 4.55. The van der Waals surface area contributed by atoms with E-state index in [1.165, 1.54) is 5.39 Å². The molecule has 46 heavy (non-hydrogen) atoms. The van der Waals surface area contributed by atoms with Crippen molar-refractivity contribution < 1.29 is 13.3 Å². The van der Waals surface area contributed by atoms with E-state index in [4.69, 9.17) is 13.3 Å². The van der Waals surface area contributed by atoms with Gasteiger partial charge >= 0.3 is 0 Å². The molecule has 0 fully saturated rings. The van der Waals surface area contributed by atoms with Crippen LogP contribution in [-0.4, -0.2) is 4.57 Å². The first kappa shape index (κ1) is 24.1. The fourth-order valence-electron chi connectivity index (χ4n) is 7.64. The standard InChI is InChI=1S/C42H23NO3/c1-4-15-34-25(9-1)29-21-22-32-27-11-3-6-17-36(27)46-42(32)40(29)43(34)24-19-20-33-38(23-24)44-37-18-8-12-28(39(33)37)31-14-7-13-30-26-10-2-5-16-35(26)45-41(30)31/h1-23H. The Morgan fingerprint density at radius 3 is 1.83 bits per heavy atom. The topological polar surface area (TPSA) is 44.4 Å². The number of nitrogens with zero attached hydrogens (tertiary/aromatic N) is 1. The predicted octanol–water partition coefficient (Wildman–Crippen LogP) is 12.1. The fourth-order valence-corrected chi connectivity index (χ4v) is 7.64. The molecule has 4 nitrogen and oxygen atoms in total. The molecule has 0 aliphatic rings. The number of fused-ring (bicyclic) bond motifs is 13. The van der Waals surface area contributed by atoms with Gasteiger partial charge in [0.2, 0.25) is 0 Å². The lowest BCUT2D eigenvalue weighted by Crippen LogP contribution is -1.93. The van der Waals surface area contributed by atoms with E-state index in [2.05, 4.69) is 120 Å². The summed E-state index contributed by atoms with van der Waals surface area (Å²) >= 11 is 0. The van der Waals surface area contributed by atoms with E-state index in [-0.39, 0.29) is 0 Å². The maximum absolute atomic E-state index is 6.62. The first-order valence-electron chi connectivity index (χ1n) is 15.5. The second kappa shape index (κ2) is 8.68. The molecule has 0 N–H and O–H groups in total. The summed E-state index contributed by atoms with van der Waals surface area (Å²) in [6, 6.07) is 48.7. The van der Waals surface area contributed by atoms with Gasteiger partial charge in [0.05, 0.1) is 16.7 Å². The quantitative estimate of drug-likeness (QED) is 0.201. The van der Waals surface area contributed by atoms with Crippen LogP contribution in [0.3, 0.4) is 0 Å². The Morgan fingerprint density at radius 2 is 0.978 bits per heavy atom. The first-order chi connectivity index (χ1) is 22.8. The number of benzene rings is 7. The van der Waals surface area contributed by atoms with Gasteiger partial charge in [0.25, 0.3) is 0 Å². The molecular formula is C42H23NO3. The molecule has 0 saturated carbocycles. The van der Waals surface area contributed by atoms with Gasteiger partial charge in [-0.3, -0.25) is 0 Å². The monoisotopic (exact) mass is 589 g/mol. The Bertz CT molecular complexity index is 3040. The van der Waals surface area contributed by atoms with E-state index in [1.807, 2.05) is 24.3 Å². The number of hydrogen-bond acceptors (Lipinski definition) is 3. The minimum absolute atomic E-state index is 0.833. The van der Waals surface area contributed by atoms with Gasteiger partial charge in [-0.1, -0.05) is 91.0 Å². The molecule has 0 aliphatic carbocycles. The molecule has 0 unspecified atom stereocenters. The molecule has 0 spiro atoms. The van der Waals surface area contributed by atoms with Crippen LogP contribution in [0.4, 0.5) is 0 Å². The van der Waals surface area contributed by atoms with Crippen molar-refractivity contribution in [2.45, 2.75) is 0 Å². The average Bonchev–Trinajstić information content (AvgIpc) is 3.86. The van der Waals surface area contributed by atoms with Gasteiger partial charge in [0, 0.05) is 54.7 Å². The second-order valence-electron chi connectivity index (χ2n) is 12.0. The molecule has 11 aromatic rings. The van der Waals surface area contributed by atoms with Crippen molar-refractivity contribution in [2.24, 2.45) is 0 Å². The summed E-state index contributed by atoms with van der Waals surface area (Å²) in [5.41, 5.74) is 10.6. The number of hydrogen-bond donors (Lipinski definition) is 0. The number of rotatable bonds is 2. The third-order valence-corrected chi connectivity index (χ3v) is 9.61. The van der Waals surface area contributed by atoms with Crippen LogP contribution in [0.2, 0.25) is 0 Å². The van der Waals surface area contributed by atoms with Crippen molar-refractivity contribution in [3.05, 3.63) is 140 Å². The summed E-state index contributed by atoms with van der Waals surface area (Å²) in [5, 5.41) is 8.97. The van der Waals surface area contributed by atoms with Crippen molar-refractivity contribution in [2.75, 3.05) is 0 Å². The highest BCUT2D eigenvalue weighted by Gasteiger charge is 2.21. The molecule has 214 valence electrons. The number of aromatic nitrogens is 1. The minimum atomic E-state index is 0.833. The van der Waals surface area contributed by atoms with Crippen LogP contribution in [0.1, 0.15) is 0 Å². The zero-order chi connectivity index (χ0) is 29.9. The Morgan fingerprint density at radius 1 is 0.370 bits per heavy atom. The molecule has 4 heteroatoms. The molecule has 7 aromatic carbocycles. The van der Waals surface area contributed by atoms with Crippen molar-refractivity contribution in [1.29, 1.82) is 0 Å². The number of para-hydroxylation sites is 4. The minimum Gasteiger partial charge on any atom is -0.456 e. The maximum Gasteiger partial charge on any atom is 0.160 e. The van der Waals surface area contributed by atoms with Crippen LogP contribution >= 0.6 is 0 Å². The molecule has 0 aliphatic heterocycles. The van der Waals surface area contributed by atoms with Gasteiger partial charge in [-0.05, 0) is 48.0 Å². The maximum atomic E-state index is 6.62. The van der Waals surface area contributed by atoms with E-state index >= 15 is 0 Å². The highest BCUT2D eigenvalue weighted by atomic mass is 16.3. The fraction of sp³-hybridized carbons (Fsp3) is 0. The molecule has 4 heterocycles. The van der Waals surface area contributed by atoms with Crippen molar-refractivity contribution in [1.82, 2.24) is 4.57 Å². The molecular weight excluding hydrogens is 566 g/mol. The van der Waals surface area contributed by atoms with E-state index in [0.29, 0.717) is 0 Å². The average molecular weight is 590 g/mol. The van der Waals surface area contributed by atoms with Crippen molar-refractivity contribution in [3.8, 4) is 16.8 Å². The van der Waals surface area contributed by atoms with E-state index in [0.717, 1.165) is 99.0 Å². The Labute approximate surface area is 261 Å². The highest BCUT2D eigenvalue weighted by Crippen LogP contribution is 2.44. The smallest absolute Gasteiger partial charge is 0.160 e. The van der Waals surface area contributed by atoms with Crippen LogP contribution in [0, 0.1) is 0 Å². The molecule has 0 bridgehead atoms. The van der Waals surface area contributed by atoms with Crippen LogP contribution in [0.5, 0.6) is 0 Å². The zero-order valence-electron chi connectivity index (χ0n) is 24.5. The molecule has 11 rings (SSSR count). The van der Waals surface area contributed by atoms with E-state index < -0.39 is 0 Å². The van der Waals surface area contributed by atoms with Gasteiger partial charge in [0.1, 0.15) is 27.9 Å². The van der Waals surface area contributed by atoms with Crippen LogP contribution < -0.4 is 0 Å². The second-order valence-corrected chi connectivity index (χ2v) is 12.0. The lowest BCUT2D eigenvalue weighted by atomic mass is 9.97. The van der Waals surface area contributed by atoms with E-state index in [9.17, 15) is 0 Å².